The van der Waals surface area contributed by atoms with Crippen LogP contribution < -0.4 is 10.5 Å². The molecule has 3 N–H and O–H groups in total. The van der Waals surface area contributed by atoms with Crippen LogP contribution in [0.25, 0.3) is 6.08 Å². The highest BCUT2D eigenvalue weighted by atomic mass is 35.5. The van der Waals surface area contributed by atoms with Gasteiger partial charge in [-0.05, 0) is 56.0 Å². The molecule has 1 aliphatic carbocycles. The van der Waals surface area contributed by atoms with E-state index in [0.29, 0.717) is 5.92 Å². The number of hydrogen-bond donors (Lipinski definition) is 2. The van der Waals surface area contributed by atoms with Gasteiger partial charge in [-0.1, -0.05) is 18.2 Å². The third kappa shape index (κ3) is 4.06. The van der Waals surface area contributed by atoms with E-state index in [9.17, 15) is 8.42 Å². The van der Waals surface area contributed by atoms with Crippen LogP contribution >= 0.6 is 12.4 Å². The first-order valence-corrected chi connectivity index (χ1v) is 7.93. The molecule has 0 spiro atoms. The Morgan fingerprint density at radius 3 is 2.55 bits per heavy atom. The Bertz CT molecular complexity index is 593. The predicted molar refractivity (Wildman–Crippen MR) is 84.3 cm³/mol. The molecule has 1 aliphatic rings. The molecule has 20 heavy (non-hydrogen) atoms. The van der Waals surface area contributed by atoms with Gasteiger partial charge in [0.15, 0.2) is 0 Å². The first kappa shape index (κ1) is 17.2. The second kappa shape index (κ2) is 6.72. The third-order valence-corrected chi connectivity index (χ3v) is 4.71. The van der Waals surface area contributed by atoms with Gasteiger partial charge in [0.2, 0.25) is 10.0 Å². The van der Waals surface area contributed by atoms with E-state index in [0.717, 1.165) is 11.1 Å². The molecule has 0 heterocycles. The molecular formula is C14H21ClN2O2S. The van der Waals surface area contributed by atoms with Gasteiger partial charge >= 0.3 is 0 Å². The topological polar surface area (TPSA) is 72.2 Å². The zero-order valence-electron chi connectivity index (χ0n) is 11.7. The fourth-order valence-electron chi connectivity index (χ4n) is 1.91. The molecule has 0 amide bonds. The van der Waals surface area contributed by atoms with E-state index in [-0.39, 0.29) is 23.3 Å². The highest BCUT2D eigenvalue weighted by Crippen LogP contribution is 2.31. The van der Waals surface area contributed by atoms with Crippen molar-refractivity contribution in [1.29, 1.82) is 0 Å². The predicted octanol–water partition coefficient (Wildman–Crippen LogP) is 2.46. The van der Waals surface area contributed by atoms with Crippen molar-refractivity contribution in [2.75, 3.05) is 7.05 Å². The van der Waals surface area contributed by atoms with E-state index >= 15 is 0 Å². The van der Waals surface area contributed by atoms with Gasteiger partial charge in [0, 0.05) is 6.04 Å². The summed E-state index contributed by atoms with van der Waals surface area (Å²) in [6, 6.07) is 4.89. The summed E-state index contributed by atoms with van der Waals surface area (Å²) in [6.07, 6.45) is 6.71. The van der Waals surface area contributed by atoms with Gasteiger partial charge in [0.05, 0.1) is 4.90 Å². The fourth-order valence-corrected chi connectivity index (χ4v) is 2.68. The SMILES string of the molecule is CNS(=O)(=O)c1ccc(/C=C/C2CC2)c([C@H](C)N)c1.Cl. The Labute approximate surface area is 126 Å². The second-order valence-corrected chi connectivity index (χ2v) is 6.87. The molecule has 0 radical (unpaired) electrons. The molecule has 1 saturated carbocycles. The number of benzene rings is 1. The normalized spacial score (nSPS) is 16.9. The van der Waals surface area contributed by atoms with Crippen molar-refractivity contribution in [3.05, 3.63) is 35.4 Å². The van der Waals surface area contributed by atoms with Gasteiger partial charge in [-0.3, -0.25) is 0 Å². The Morgan fingerprint density at radius 1 is 1.40 bits per heavy atom. The average molecular weight is 317 g/mol. The Hall–Kier alpha value is -0.880. The molecule has 1 aromatic carbocycles. The summed E-state index contributed by atoms with van der Waals surface area (Å²) < 4.78 is 25.9. The number of nitrogens with one attached hydrogen (secondary N) is 1. The number of halogens is 1. The van der Waals surface area contributed by atoms with Crippen molar-refractivity contribution in [1.82, 2.24) is 4.72 Å². The lowest BCUT2D eigenvalue weighted by atomic mass is 10.0. The summed E-state index contributed by atoms with van der Waals surface area (Å²) in [7, 11) is -2.01. The van der Waals surface area contributed by atoms with Gasteiger partial charge in [-0.2, -0.15) is 0 Å². The van der Waals surface area contributed by atoms with E-state index < -0.39 is 10.0 Å². The van der Waals surface area contributed by atoms with Gasteiger partial charge in [0.1, 0.15) is 0 Å². The molecule has 2 rings (SSSR count). The quantitative estimate of drug-likeness (QED) is 0.876. The lowest BCUT2D eigenvalue weighted by Gasteiger charge is -2.12. The van der Waals surface area contributed by atoms with Crippen LogP contribution in [0.4, 0.5) is 0 Å². The minimum Gasteiger partial charge on any atom is -0.324 e. The van der Waals surface area contributed by atoms with Crippen LogP contribution in [0.1, 0.15) is 36.9 Å². The van der Waals surface area contributed by atoms with E-state index in [1.807, 2.05) is 19.1 Å². The van der Waals surface area contributed by atoms with Gasteiger partial charge in [-0.25, -0.2) is 13.1 Å². The Kier molecular flexibility index (Phi) is 5.77. The van der Waals surface area contributed by atoms with Crippen LogP contribution in [0, 0.1) is 5.92 Å². The van der Waals surface area contributed by atoms with Crippen molar-refractivity contribution >= 4 is 28.5 Å². The lowest BCUT2D eigenvalue weighted by molar-refractivity contribution is 0.588. The average Bonchev–Trinajstić information content (AvgIpc) is 3.20. The Balaban J connectivity index is 0.00000200. The molecule has 0 aromatic heterocycles. The van der Waals surface area contributed by atoms with Crippen molar-refractivity contribution in [2.45, 2.75) is 30.7 Å². The maximum absolute atomic E-state index is 11.8. The molecule has 1 aromatic rings. The van der Waals surface area contributed by atoms with Crippen LogP contribution in [-0.4, -0.2) is 15.5 Å². The van der Waals surface area contributed by atoms with E-state index in [2.05, 4.69) is 10.8 Å². The van der Waals surface area contributed by atoms with Gasteiger partial charge < -0.3 is 5.73 Å². The summed E-state index contributed by atoms with van der Waals surface area (Å²) in [4.78, 5) is 0.255. The summed E-state index contributed by atoms with van der Waals surface area (Å²) in [5, 5.41) is 0. The number of nitrogens with two attached hydrogens (primary N) is 1. The summed E-state index contributed by atoms with van der Waals surface area (Å²) in [5.41, 5.74) is 7.79. The zero-order chi connectivity index (χ0) is 14.0. The molecule has 1 fully saturated rings. The van der Waals surface area contributed by atoms with Crippen molar-refractivity contribution < 1.29 is 8.42 Å². The number of allylic oxidation sites excluding steroid dienone is 1. The highest BCUT2D eigenvalue weighted by molar-refractivity contribution is 7.89. The third-order valence-electron chi connectivity index (χ3n) is 3.30. The van der Waals surface area contributed by atoms with Crippen LogP contribution in [-0.2, 0) is 10.0 Å². The molecule has 0 unspecified atom stereocenters. The van der Waals surface area contributed by atoms with Crippen LogP contribution in [0.3, 0.4) is 0 Å². The smallest absolute Gasteiger partial charge is 0.240 e. The molecule has 4 nitrogen and oxygen atoms in total. The minimum absolute atomic E-state index is 0. The van der Waals surface area contributed by atoms with Crippen molar-refractivity contribution in [2.24, 2.45) is 11.7 Å². The lowest BCUT2D eigenvalue weighted by Crippen LogP contribution is -2.19. The molecule has 0 saturated heterocycles. The fraction of sp³-hybridized carbons (Fsp3) is 0.429. The van der Waals surface area contributed by atoms with Crippen LogP contribution in [0.5, 0.6) is 0 Å². The van der Waals surface area contributed by atoms with E-state index in [4.69, 9.17) is 5.73 Å². The Morgan fingerprint density at radius 2 is 2.05 bits per heavy atom. The first-order chi connectivity index (χ1) is 8.94. The second-order valence-electron chi connectivity index (χ2n) is 4.98. The van der Waals surface area contributed by atoms with Gasteiger partial charge in [-0.15, -0.1) is 12.4 Å². The van der Waals surface area contributed by atoms with E-state index in [1.54, 1.807) is 12.1 Å². The van der Waals surface area contributed by atoms with Crippen molar-refractivity contribution in [3.8, 4) is 0 Å². The standard InChI is InChI=1S/C14H20N2O2S.ClH/c1-10(15)14-9-13(19(17,18)16-2)8-7-12(14)6-5-11-3-4-11;/h5-11,16H,3-4,15H2,1-2H3;1H/b6-5+;/t10-;/m0./s1. The first-order valence-electron chi connectivity index (χ1n) is 6.45. The monoisotopic (exact) mass is 316 g/mol. The largest absolute Gasteiger partial charge is 0.324 e. The molecule has 0 aliphatic heterocycles. The van der Waals surface area contributed by atoms with Crippen LogP contribution in [0.15, 0.2) is 29.2 Å². The van der Waals surface area contributed by atoms with E-state index in [1.165, 1.54) is 19.9 Å². The zero-order valence-corrected chi connectivity index (χ0v) is 13.3. The minimum atomic E-state index is -3.42. The highest BCUT2D eigenvalue weighted by Gasteiger charge is 2.18. The molecule has 0 bridgehead atoms. The maximum atomic E-state index is 11.8. The summed E-state index contributed by atoms with van der Waals surface area (Å²) in [5.74, 6) is 0.682. The number of sulfonamides is 1. The molecule has 112 valence electrons. The molecule has 1 atom stereocenters. The molecular weight excluding hydrogens is 296 g/mol. The summed E-state index contributed by atoms with van der Waals surface area (Å²) >= 11 is 0. The van der Waals surface area contributed by atoms with Gasteiger partial charge in [0.25, 0.3) is 0 Å². The molecule has 6 heteroatoms. The maximum Gasteiger partial charge on any atom is 0.240 e. The number of rotatable bonds is 5. The van der Waals surface area contributed by atoms with Crippen molar-refractivity contribution in [3.63, 3.8) is 0 Å². The number of hydrogen-bond acceptors (Lipinski definition) is 3. The summed E-state index contributed by atoms with van der Waals surface area (Å²) in [6.45, 7) is 1.86. The van der Waals surface area contributed by atoms with Crippen LogP contribution in [0.2, 0.25) is 0 Å².